The van der Waals surface area contributed by atoms with E-state index in [0.29, 0.717) is 22.8 Å². The van der Waals surface area contributed by atoms with E-state index in [2.05, 4.69) is 10.3 Å². The Labute approximate surface area is 164 Å². The molecule has 1 aromatic heterocycles. The summed E-state index contributed by atoms with van der Waals surface area (Å²) in [5.41, 5.74) is 9.07. The van der Waals surface area contributed by atoms with Crippen LogP contribution in [0.2, 0.25) is 0 Å². The van der Waals surface area contributed by atoms with E-state index in [1.165, 1.54) is 0 Å². The molecule has 0 fully saturated rings. The number of hydrogen-bond donors (Lipinski definition) is 2. The molecule has 27 heavy (non-hydrogen) atoms. The zero-order valence-corrected chi connectivity index (χ0v) is 15.9. The van der Waals surface area contributed by atoms with Crippen LogP contribution >= 0.6 is 23.1 Å². The lowest BCUT2D eigenvalue weighted by Gasteiger charge is -2.10. The van der Waals surface area contributed by atoms with Crippen molar-refractivity contribution >= 4 is 40.6 Å². The quantitative estimate of drug-likeness (QED) is 0.565. The van der Waals surface area contributed by atoms with E-state index in [9.17, 15) is 9.59 Å². The van der Waals surface area contributed by atoms with E-state index >= 15 is 0 Å². The van der Waals surface area contributed by atoms with Crippen LogP contribution in [0.5, 0.6) is 5.75 Å². The van der Waals surface area contributed by atoms with Gasteiger partial charge in [-0.15, -0.1) is 23.1 Å². The number of carbonyl (C=O) groups excluding carboxylic acids is 2. The largest absolute Gasteiger partial charge is 0.484 e. The molecule has 0 unspecified atom stereocenters. The molecule has 3 aromatic rings. The van der Waals surface area contributed by atoms with Gasteiger partial charge in [-0.1, -0.05) is 12.1 Å². The average molecular weight is 399 g/mol. The van der Waals surface area contributed by atoms with Crippen LogP contribution < -0.4 is 15.8 Å². The van der Waals surface area contributed by atoms with Gasteiger partial charge in [-0.2, -0.15) is 0 Å². The van der Waals surface area contributed by atoms with Crippen molar-refractivity contribution in [3.05, 3.63) is 70.7 Å². The van der Waals surface area contributed by atoms with Gasteiger partial charge in [-0.25, -0.2) is 4.98 Å². The summed E-state index contributed by atoms with van der Waals surface area (Å²) in [6, 6.07) is 14.2. The van der Waals surface area contributed by atoms with Gasteiger partial charge in [0.1, 0.15) is 5.75 Å². The number of anilines is 1. The number of hydrogen-bond acceptors (Lipinski definition) is 6. The molecular formula is C19H17N3O3S2. The molecule has 0 atom stereocenters. The fraction of sp³-hybridized carbons (Fsp3) is 0.105. The van der Waals surface area contributed by atoms with E-state index in [1.807, 2.05) is 23.6 Å². The number of rotatable bonds is 8. The zero-order valence-electron chi connectivity index (χ0n) is 14.3. The molecule has 0 bridgehead atoms. The molecule has 3 rings (SSSR count). The lowest BCUT2D eigenvalue weighted by molar-refractivity contribution is -0.119. The summed E-state index contributed by atoms with van der Waals surface area (Å²) in [4.78, 5) is 28.6. The van der Waals surface area contributed by atoms with Gasteiger partial charge in [-0.05, 0) is 36.4 Å². The van der Waals surface area contributed by atoms with Crippen molar-refractivity contribution in [1.29, 1.82) is 0 Å². The topological polar surface area (TPSA) is 94.3 Å². The number of amides is 2. The minimum atomic E-state index is -0.542. The second-order valence-corrected chi connectivity index (χ2v) is 7.23. The zero-order chi connectivity index (χ0) is 19.1. The van der Waals surface area contributed by atoms with Gasteiger partial charge in [0.2, 0.25) is 0 Å². The summed E-state index contributed by atoms with van der Waals surface area (Å²) < 4.78 is 5.20. The van der Waals surface area contributed by atoms with Gasteiger partial charge < -0.3 is 15.8 Å². The summed E-state index contributed by atoms with van der Waals surface area (Å²) in [5, 5.41) is 4.87. The maximum atomic E-state index is 12.7. The normalized spacial score (nSPS) is 10.4. The third-order valence-corrected chi connectivity index (χ3v) is 5.23. The van der Waals surface area contributed by atoms with Gasteiger partial charge in [0, 0.05) is 21.7 Å². The molecule has 0 aliphatic heterocycles. The predicted octanol–water partition coefficient (Wildman–Crippen LogP) is 3.55. The number of thiazole rings is 1. The van der Waals surface area contributed by atoms with Crippen LogP contribution in [0.4, 0.5) is 5.69 Å². The van der Waals surface area contributed by atoms with Crippen molar-refractivity contribution in [2.75, 3.05) is 11.9 Å². The fourth-order valence-corrected chi connectivity index (χ4v) is 3.84. The van der Waals surface area contributed by atoms with Gasteiger partial charge in [-0.3, -0.25) is 9.59 Å². The number of carbonyl (C=O) groups is 2. The second-order valence-electron chi connectivity index (χ2n) is 5.50. The number of thioether (sulfide) groups is 1. The number of primary amides is 1. The highest BCUT2D eigenvalue weighted by atomic mass is 32.2. The molecule has 2 amide bonds. The maximum absolute atomic E-state index is 12.7. The maximum Gasteiger partial charge on any atom is 0.256 e. The number of nitrogens with zero attached hydrogens (tertiary/aromatic N) is 1. The third kappa shape index (κ3) is 5.57. The molecule has 0 radical (unpaired) electrons. The van der Waals surface area contributed by atoms with Gasteiger partial charge in [0.25, 0.3) is 11.8 Å². The Morgan fingerprint density at radius 2 is 1.93 bits per heavy atom. The molecule has 8 heteroatoms. The minimum absolute atomic E-state index is 0.185. The Morgan fingerprint density at radius 1 is 1.15 bits per heavy atom. The van der Waals surface area contributed by atoms with Crippen LogP contribution in [0.15, 0.2) is 64.3 Å². The SMILES string of the molecule is NC(=O)COc1ccc(NC(=O)c2ccccc2SCc2cscn2)cc1. The highest BCUT2D eigenvalue weighted by Gasteiger charge is 2.12. The summed E-state index contributed by atoms with van der Waals surface area (Å²) in [5.74, 6) is 0.479. The van der Waals surface area contributed by atoms with Crippen molar-refractivity contribution in [2.45, 2.75) is 10.6 Å². The Hall–Kier alpha value is -2.84. The van der Waals surface area contributed by atoms with Crippen LogP contribution in [0.25, 0.3) is 0 Å². The first kappa shape index (κ1) is 18.9. The molecule has 3 N–H and O–H groups in total. The fourth-order valence-electron chi connectivity index (χ4n) is 2.23. The molecule has 6 nitrogen and oxygen atoms in total. The number of aromatic nitrogens is 1. The van der Waals surface area contributed by atoms with E-state index < -0.39 is 5.91 Å². The summed E-state index contributed by atoms with van der Waals surface area (Å²) in [6.45, 7) is -0.185. The Balaban J connectivity index is 1.64. The van der Waals surface area contributed by atoms with E-state index in [0.717, 1.165) is 10.6 Å². The number of benzene rings is 2. The van der Waals surface area contributed by atoms with Crippen LogP contribution in [0.1, 0.15) is 16.1 Å². The lowest BCUT2D eigenvalue weighted by atomic mass is 10.2. The minimum Gasteiger partial charge on any atom is -0.484 e. The number of ether oxygens (including phenoxy) is 1. The third-order valence-electron chi connectivity index (χ3n) is 3.48. The summed E-state index contributed by atoms with van der Waals surface area (Å²) >= 11 is 3.13. The molecule has 1 heterocycles. The lowest BCUT2D eigenvalue weighted by Crippen LogP contribution is -2.20. The number of nitrogens with one attached hydrogen (secondary N) is 1. The molecule has 0 aliphatic rings. The smallest absolute Gasteiger partial charge is 0.256 e. The highest BCUT2D eigenvalue weighted by Crippen LogP contribution is 2.27. The first-order chi connectivity index (χ1) is 13.1. The summed E-state index contributed by atoms with van der Waals surface area (Å²) in [7, 11) is 0. The van der Waals surface area contributed by atoms with Gasteiger partial charge in [0.15, 0.2) is 6.61 Å². The van der Waals surface area contributed by atoms with Crippen molar-refractivity contribution < 1.29 is 14.3 Å². The van der Waals surface area contributed by atoms with Crippen molar-refractivity contribution in [3.8, 4) is 5.75 Å². The highest BCUT2D eigenvalue weighted by molar-refractivity contribution is 7.98. The molecule has 138 valence electrons. The van der Waals surface area contributed by atoms with Gasteiger partial charge >= 0.3 is 0 Å². The Kier molecular flexibility index (Phi) is 6.45. The monoisotopic (exact) mass is 399 g/mol. The average Bonchev–Trinajstić information content (AvgIpc) is 3.19. The van der Waals surface area contributed by atoms with Crippen LogP contribution in [0, 0.1) is 0 Å². The van der Waals surface area contributed by atoms with Crippen LogP contribution in [-0.2, 0) is 10.5 Å². The van der Waals surface area contributed by atoms with E-state index in [-0.39, 0.29) is 12.5 Å². The Bertz CT molecular complexity index is 912. The summed E-state index contributed by atoms with van der Waals surface area (Å²) in [6.07, 6.45) is 0. The van der Waals surface area contributed by atoms with Crippen LogP contribution in [0.3, 0.4) is 0 Å². The standard InChI is InChI=1S/C19H17N3O3S2/c20-18(23)9-25-15-7-5-13(6-8-15)22-19(24)16-3-1-2-4-17(16)27-11-14-10-26-12-21-14/h1-8,10,12H,9,11H2,(H2,20,23)(H,22,24). The first-order valence-corrected chi connectivity index (χ1v) is 9.96. The van der Waals surface area contributed by atoms with E-state index in [1.54, 1.807) is 58.9 Å². The molecule has 0 aliphatic carbocycles. The number of nitrogens with two attached hydrogens (primary N) is 1. The first-order valence-electron chi connectivity index (χ1n) is 8.03. The molecular weight excluding hydrogens is 382 g/mol. The molecule has 0 saturated carbocycles. The van der Waals surface area contributed by atoms with Crippen molar-refractivity contribution in [2.24, 2.45) is 5.73 Å². The van der Waals surface area contributed by atoms with Gasteiger partial charge in [0.05, 0.1) is 16.8 Å². The molecule has 0 saturated heterocycles. The van der Waals surface area contributed by atoms with Crippen molar-refractivity contribution in [3.63, 3.8) is 0 Å². The second kappa shape index (κ2) is 9.20. The van der Waals surface area contributed by atoms with E-state index in [4.69, 9.17) is 10.5 Å². The Morgan fingerprint density at radius 3 is 2.63 bits per heavy atom. The molecule has 2 aromatic carbocycles. The van der Waals surface area contributed by atoms with Crippen LogP contribution in [-0.4, -0.2) is 23.4 Å². The predicted molar refractivity (Wildman–Crippen MR) is 107 cm³/mol. The molecule has 0 spiro atoms. The van der Waals surface area contributed by atoms with Crippen molar-refractivity contribution in [1.82, 2.24) is 4.98 Å².